The summed E-state index contributed by atoms with van der Waals surface area (Å²) < 4.78 is 16.0. The van der Waals surface area contributed by atoms with Gasteiger partial charge in [-0.05, 0) is 89.0 Å². The molecule has 2 atom stereocenters. The van der Waals surface area contributed by atoms with E-state index in [1.54, 1.807) is 0 Å². The molecule has 0 amide bonds. The Balaban J connectivity index is 1.22. The van der Waals surface area contributed by atoms with E-state index in [4.69, 9.17) is 0 Å². The van der Waals surface area contributed by atoms with Crippen LogP contribution in [-0.2, 0) is 9.98 Å². The molecule has 2 unspecified atom stereocenters. The summed E-state index contributed by atoms with van der Waals surface area (Å²) in [6.45, 7) is 2.28. The van der Waals surface area contributed by atoms with Crippen LogP contribution in [0.1, 0.15) is 23.6 Å². The van der Waals surface area contributed by atoms with Crippen molar-refractivity contribution in [1.82, 2.24) is 0 Å². The highest BCUT2D eigenvalue weighted by molar-refractivity contribution is 8.12. The Morgan fingerprint density at radius 3 is 1.58 bits per heavy atom. The molecule has 0 N–H and O–H groups in total. The number of rotatable bonds is 5. The molecule has 2 aliphatic rings. The lowest BCUT2D eigenvalue weighted by Crippen LogP contribution is -2.29. The van der Waals surface area contributed by atoms with Crippen molar-refractivity contribution in [3.05, 3.63) is 204 Å². The van der Waals surface area contributed by atoms with Gasteiger partial charge in [-0.2, -0.15) is 0 Å². The quantitative estimate of drug-likeness (QED) is 0.100. The Hall–Kier alpha value is -5.40. The minimum absolute atomic E-state index is 0.0593. The predicted molar refractivity (Wildman–Crippen MR) is 228 cm³/mol. The molecule has 9 aromatic carbocycles. The molecule has 53 heavy (non-hydrogen) atoms. The molecule has 3 heteroatoms. The summed E-state index contributed by atoms with van der Waals surface area (Å²) in [5, 5.41) is 12.2. The zero-order valence-electron chi connectivity index (χ0n) is 29.2. The topological polar surface area (TPSA) is 17.1 Å². The van der Waals surface area contributed by atoms with E-state index in [9.17, 15) is 0 Å². The van der Waals surface area contributed by atoms with E-state index in [-0.39, 0.29) is 10.9 Å². The first-order chi connectivity index (χ1) is 26.1. The lowest BCUT2D eigenvalue weighted by molar-refractivity contribution is 0.579. The van der Waals surface area contributed by atoms with E-state index in [2.05, 4.69) is 153 Å². The zero-order valence-corrected chi connectivity index (χ0v) is 30.9. The van der Waals surface area contributed by atoms with Crippen LogP contribution in [0.5, 0.6) is 0 Å². The number of hydrogen-bond acceptors (Lipinski definition) is 2. The minimum atomic E-state index is -3.10. The zero-order chi connectivity index (χ0) is 35.3. The van der Waals surface area contributed by atoms with Gasteiger partial charge < -0.3 is 4.57 Å². The first-order valence-electron chi connectivity index (χ1n) is 18.5. The summed E-state index contributed by atoms with van der Waals surface area (Å²) in [6.07, 6.45) is 2.47. The van der Waals surface area contributed by atoms with Gasteiger partial charge in [-0.1, -0.05) is 177 Å². The SMILES string of the molecule is CC1C=C(C2(c3cc4cccc5c6cccc7cccc(c(c3)c45)c76)c3ccccc3-c3ccccc32)SC1P(=O)(c1ccccc1)c1ccccc1. The van der Waals surface area contributed by atoms with Crippen molar-refractivity contribution in [3.8, 4) is 11.1 Å². The molecule has 1 heterocycles. The van der Waals surface area contributed by atoms with Gasteiger partial charge in [0, 0.05) is 15.5 Å². The molecule has 0 radical (unpaired) electrons. The second-order valence-electron chi connectivity index (χ2n) is 14.7. The van der Waals surface area contributed by atoms with Crippen molar-refractivity contribution in [2.45, 2.75) is 17.3 Å². The van der Waals surface area contributed by atoms with Gasteiger partial charge in [-0.25, -0.2) is 0 Å². The largest absolute Gasteiger partial charge is 0.312 e. The second-order valence-corrected chi connectivity index (χ2v) is 19.1. The first kappa shape index (κ1) is 31.2. The van der Waals surface area contributed by atoms with Crippen molar-refractivity contribution in [3.63, 3.8) is 0 Å². The Kier molecular flexibility index (Phi) is 6.79. The van der Waals surface area contributed by atoms with Crippen LogP contribution < -0.4 is 10.6 Å². The first-order valence-corrected chi connectivity index (χ1v) is 21.1. The van der Waals surface area contributed by atoms with E-state index < -0.39 is 12.6 Å². The lowest BCUT2D eigenvalue weighted by Gasteiger charge is -2.36. The van der Waals surface area contributed by atoms with Gasteiger partial charge in [0.1, 0.15) is 0 Å². The minimum Gasteiger partial charge on any atom is -0.312 e. The van der Waals surface area contributed by atoms with Crippen LogP contribution in [0.25, 0.3) is 54.2 Å². The van der Waals surface area contributed by atoms with Gasteiger partial charge in [0.25, 0.3) is 0 Å². The summed E-state index contributed by atoms with van der Waals surface area (Å²) in [5.74, 6) is 0.0593. The molecule has 0 bridgehead atoms. The van der Waals surface area contributed by atoms with E-state index in [1.807, 2.05) is 48.2 Å². The molecule has 1 aliphatic carbocycles. The summed E-state index contributed by atoms with van der Waals surface area (Å²) in [7, 11) is -3.10. The molecule has 0 saturated heterocycles. The third-order valence-corrected chi connectivity index (χ3v) is 17.9. The average Bonchev–Trinajstić information content (AvgIpc) is 3.76. The maximum Gasteiger partial charge on any atom is 0.156 e. The van der Waals surface area contributed by atoms with Gasteiger partial charge >= 0.3 is 0 Å². The Labute approximate surface area is 313 Å². The Morgan fingerprint density at radius 2 is 1.00 bits per heavy atom. The lowest BCUT2D eigenvalue weighted by atomic mass is 9.70. The maximum atomic E-state index is 16.0. The molecular formula is C50H35OPS. The van der Waals surface area contributed by atoms with Gasteiger partial charge in [0.15, 0.2) is 7.14 Å². The van der Waals surface area contributed by atoms with Crippen molar-refractivity contribution in [2.24, 2.45) is 5.92 Å². The van der Waals surface area contributed by atoms with Crippen molar-refractivity contribution >= 4 is 72.6 Å². The van der Waals surface area contributed by atoms with Crippen LogP contribution in [0.3, 0.4) is 0 Å². The Morgan fingerprint density at radius 1 is 0.509 bits per heavy atom. The molecule has 1 aliphatic heterocycles. The van der Waals surface area contributed by atoms with E-state index in [1.165, 1.54) is 75.8 Å². The summed E-state index contributed by atoms with van der Waals surface area (Å²) in [5.41, 5.74) is 5.78. The van der Waals surface area contributed by atoms with Gasteiger partial charge in [0.05, 0.1) is 10.4 Å². The third kappa shape index (κ3) is 4.20. The van der Waals surface area contributed by atoms with E-state index >= 15 is 4.57 Å². The second kappa shape index (κ2) is 11.5. The average molecular weight is 715 g/mol. The number of hydrogen-bond donors (Lipinski definition) is 0. The molecule has 9 aromatic rings. The predicted octanol–water partition coefficient (Wildman–Crippen LogP) is 12.7. The number of thioether (sulfide) groups is 1. The van der Waals surface area contributed by atoms with Gasteiger partial charge in [-0.15, -0.1) is 11.8 Å². The molecular weight excluding hydrogens is 680 g/mol. The fourth-order valence-corrected chi connectivity index (χ4v) is 15.7. The van der Waals surface area contributed by atoms with Crippen LogP contribution in [-0.4, -0.2) is 4.99 Å². The van der Waals surface area contributed by atoms with Crippen molar-refractivity contribution in [1.29, 1.82) is 0 Å². The molecule has 0 saturated carbocycles. The normalized spacial score (nSPS) is 17.8. The van der Waals surface area contributed by atoms with Crippen molar-refractivity contribution in [2.75, 3.05) is 0 Å². The van der Waals surface area contributed by atoms with Gasteiger partial charge in [0.2, 0.25) is 0 Å². The van der Waals surface area contributed by atoms with Crippen LogP contribution in [0, 0.1) is 5.92 Å². The van der Waals surface area contributed by atoms with Crippen LogP contribution in [0.15, 0.2) is 187 Å². The summed E-state index contributed by atoms with van der Waals surface area (Å²) in [4.78, 5) is 1.10. The van der Waals surface area contributed by atoms with Crippen LogP contribution >= 0.6 is 18.9 Å². The smallest absolute Gasteiger partial charge is 0.156 e. The van der Waals surface area contributed by atoms with Crippen molar-refractivity contribution < 1.29 is 4.57 Å². The highest BCUT2D eigenvalue weighted by Crippen LogP contribution is 2.67. The summed E-state index contributed by atoms with van der Waals surface area (Å²) >= 11 is 1.85. The number of allylic oxidation sites excluding steroid dienone is 2. The highest BCUT2D eigenvalue weighted by Gasteiger charge is 2.53. The fourth-order valence-electron chi connectivity index (χ4n) is 9.78. The Bertz CT molecular complexity index is 2890. The summed E-state index contributed by atoms with van der Waals surface area (Å²) in [6, 6.07) is 63.6. The maximum absolute atomic E-state index is 16.0. The molecule has 0 fully saturated rings. The standard InChI is InChI=1S/C50H35OPS/c1-32-29-46(53-49(32)52(51,36-18-4-2-5-19-36)37-20-6-3-7-21-37)50(44-27-10-8-22-38(44)39-23-9-11-28-45(39)50)35-30-34-17-14-25-41-40-24-12-15-33-16-13-26-42(47(33)40)43(31-35)48(34)41/h2-32,49H,1H3. The van der Waals surface area contributed by atoms with E-state index in [0.29, 0.717) is 0 Å². The molecule has 0 spiro atoms. The molecule has 252 valence electrons. The van der Waals surface area contributed by atoms with E-state index in [0.717, 1.165) is 10.6 Å². The number of benzene rings is 9. The molecule has 11 rings (SSSR count). The van der Waals surface area contributed by atoms with Crippen LogP contribution in [0.2, 0.25) is 0 Å². The monoisotopic (exact) mass is 714 g/mol. The third-order valence-electron chi connectivity index (χ3n) is 12.0. The number of fused-ring (bicyclic) bond motifs is 5. The van der Waals surface area contributed by atoms with Gasteiger partial charge in [-0.3, -0.25) is 0 Å². The highest BCUT2D eigenvalue weighted by atomic mass is 32.2. The fraction of sp³-hybridized carbons (Fsp3) is 0.0800. The van der Waals surface area contributed by atoms with Crippen LogP contribution in [0.4, 0.5) is 0 Å². The molecule has 0 aromatic heterocycles. The molecule has 1 nitrogen and oxygen atoms in total.